The van der Waals surface area contributed by atoms with Crippen molar-refractivity contribution in [2.24, 2.45) is 0 Å². The number of rotatable bonds is 2. The van der Waals surface area contributed by atoms with Crippen LogP contribution in [0.4, 0.5) is 10.5 Å². The summed E-state index contributed by atoms with van der Waals surface area (Å²) >= 11 is 0. The Labute approximate surface area is 151 Å². The molecule has 0 N–H and O–H groups in total. The Morgan fingerprint density at radius 2 is 1.69 bits per heavy atom. The summed E-state index contributed by atoms with van der Waals surface area (Å²) in [5, 5.41) is 12.7. The summed E-state index contributed by atoms with van der Waals surface area (Å²) in [6.45, 7) is 5.17. The molecule has 0 aliphatic carbocycles. The number of nitrogens with zero attached hydrogens (tertiary/aromatic N) is 2. The lowest BCUT2D eigenvalue weighted by atomic mass is 10.1. The number of carbonyl (C=O) groups is 2. The fourth-order valence-corrected chi connectivity index (χ4v) is 2.76. The number of carbonyl (C=O) groups excluding carboxylic acids is 2. The highest BCUT2D eigenvalue weighted by Gasteiger charge is 2.44. The van der Waals surface area contributed by atoms with Gasteiger partial charge in [0.15, 0.2) is 6.54 Å². The molecule has 2 aromatic rings. The Kier molecular flexibility index (Phi) is 4.50. The number of hydrogen-bond donors (Lipinski definition) is 0. The minimum Gasteiger partial charge on any atom is -0.623 e. The number of amides is 2. The van der Waals surface area contributed by atoms with Gasteiger partial charge in [0, 0.05) is 5.56 Å². The highest BCUT2D eigenvalue weighted by molar-refractivity contribution is 6.56. The number of hydroxylamine groups is 1. The molecule has 3 rings (SSSR count). The zero-order valence-electron chi connectivity index (χ0n) is 14.9. The van der Waals surface area contributed by atoms with Crippen LogP contribution in [0, 0.1) is 5.21 Å². The third-order valence-corrected chi connectivity index (χ3v) is 3.80. The van der Waals surface area contributed by atoms with Crippen molar-refractivity contribution in [2.45, 2.75) is 32.9 Å². The molecule has 1 aliphatic rings. The average molecular weight is 352 g/mol. The monoisotopic (exact) mass is 352 g/mol. The van der Waals surface area contributed by atoms with E-state index in [1.165, 1.54) is 0 Å². The topological polar surface area (TPSA) is 72.7 Å². The maximum Gasteiger partial charge on any atom is 0.422 e. The minimum atomic E-state index is -0.793. The molecule has 0 saturated carbocycles. The quantitative estimate of drug-likeness (QED) is 0.471. The summed E-state index contributed by atoms with van der Waals surface area (Å²) in [5.41, 5.74) is 0.743. The van der Waals surface area contributed by atoms with Gasteiger partial charge in [0.1, 0.15) is 5.60 Å². The van der Waals surface area contributed by atoms with Gasteiger partial charge in [0.05, 0.1) is 11.3 Å². The minimum absolute atomic E-state index is 0.0123. The van der Waals surface area contributed by atoms with Gasteiger partial charge < -0.3 is 9.94 Å². The molecule has 0 unspecified atom stereocenters. The van der Waals surface area contributed by atoms with E-state index in [0.717, 1.165) is 10.5 Å². The Morgan fingerprint density at radius 3 is 2.35 bits per heavy atom. The first-order valence-electron chi connectivity index (χ1n) is 8.30. The van der Waals surface area contributed by atoms with Crippen LogP contribution < -0.4 is 4.90 Å². The summed E-state index contributed by atoms with van der Waals surface area (Å²) in [6.07, 6.45) is -0.793. The van der Waals surface area contributed by atoms with Crippen molar-refractivity contribution in [2.75, 3.05) is 4.90 Å². The van der Waals surface area contributed by atoms with E-state index in [2.05, 4.69) is 0 Å². The Bertz CT molecular complexity index is 882. The molecule has 6 heteroatoms. The van der Waals surface area contributed by atoms with Crippen molar-refractivity contribution < 1.29 is 19.1 Å². The summed E-state index contributed by atoms with van der Waals surface area (Å²) in [5.74, 6) is -0.675. The number of benzene rings is 2. The predicted molar refractivity (Wildman–Crippen MR) is 98.0 cm³/mol. The summed E-state index contributed by atoms with van der Waals surface area (Å²) < 4.78 is 5.95. The predicted octanol–water partition coefficient (Wildman–Crippen LogP) is 3.47. The van der Waals surface area contributed by atoms with E-state index >= 15 is 0 Å². The number of fused-ring (bicyclic) bond motifs is 1. The van der Waals surface area contributed by atoms with E-state index in [9.17, 15) is 14.8 Å². The third-order valence-electron chi connectivity index (χ3n) is 3.80. The molecule has 2 amide bonds. The fourth-order valence-electron chi connectivity index (χ4n) is 2.76. The molecule has 26 heavy (non-hydrogen) atoms. The van der Waals surface area contributed by atoms with Crippen LogP contribution in [0.15, 0.2) is 54.6 Å². The third kappa shape index (κ3) is 3.44. The van der Waals surface area contributed by atoms with Crippen LogP contribution in [0.3, 0.4) is 0 Å². The zero-order valence-corrected chi connectivity index (χ0v) is 14.9. The first-order valence-corrected chi connectivity index (χ1v) is 8.30. The standard InChI is InChI=1S/C20H20N2O4/c1-20(2,3)26-19(24)22-16-12-8-7-11-15(16)17(18(22)23)21(25)13-14-9-5-4-6-10-14/h4-12H,13H2,1-3H3/b21-17+. The van der Waals surface area contributed by atoms with E-state index in [4.69, 9.17) is 4.74 Å². The van der Waals surface area contributed by atoms with Gasteiger partial charge in [-0.05, 0) is 32.9 Å². The maximum atomic E-state index is 12.9. The van der Waals surface area contributed by atoms with Gasteiger partial charge in [-0.15, -0.1) is 0 Å². The molecular weight excluding hydrogens is 332 g/mol. The molecule has 0 fully saturated rings. The highest BCUT2D eigenvalue weighted by atomic mass is 16.6. The lowest BCUT2D eigenvalue weighted by molar-refractivity contribution is -0.473. The van der Waals surface area contributed by atoms with Crippen LogP contribution in [0.25, 0.3) is 0 Å². The van der Waals surface area contributed by atoms with Crippen LogP contribution in [-0.4, -0.2) is 28.1 Å². The van der Waals surface area contributed by atoms with E-state index < -0.39 is 17.6 Å². The van der Waals surface area contributed by atoms with Gasteiger partial charge in [-0.2, -0.15) is 4.74 Å². The summed E-state index contributed by atoms with van der Waals surface area (Å²) in [7, 11) is 0. The molecule has 0 spiro atoms. The second-order valence-corrected chi connectivity index (χ2v) is 7.01. The fraction of sp³-hybridized carbons (Fsp3) is 0.250. The molecule has 1 aliphatic heterocycles. The molecule has 0 aromatic heterocycles. The van der Waals surface area contributed by atoms with Crippen LogP contribution in [0.2, 0.25) is 0 Å². The molecule has 0 saturated heterocycles. The first kappa shape index (κ1) is 17.7. The molecule has 134 valence electrons. The van der Waals surface area contributed by atoms with Gasteiger partial charge in [-0.1, -0.05) is 42.5 Å². The molecule has 0 atom stereocenters. The smallest absolute Gasteiger partial charge is 0.422 e. The number of ether oxygens (including phenoxy) is 1. The van der Waals surface area contributed by atoms with Crippen molar-refractivity contribution in [3.8, 4) is 0 Å². The SMILES string of the molecule is CC(C)(C)OC(=O)N1C(=O)/C(=[N+](/[O-])Cc2ccccc2)c2ccccc21. The van der Waals surface area contributed by atoms with Crippen molar-refractivity contribution in [1.29, 1.82) is 0 Å². The Balaban J connectivity index is 2.01. The van der Waals surface area contributed by atoms with Gasteiger partial charge in [-0.3, -0.25) is 4.79 Å². The van der Waals surface area contributed by atoms with Crippen LogP contribution >= 0.6 is 0 Å². The van der Waals surface area contributed by atoms with E-state index in [-0.39, 0.29) is 12.3 Å². The summed E-state index contributed by atoms with van der Waals surface area (Å²) in [6, 6.07) is 15.8. The van der Waals surface area contributed by atoms with E-state index in [0.29, 0.717) is 16.0 Å². The number of para-hydroxylation sites is 1. The number of hydrogen-bond acceptors (Lipinski definition) is 4. The van der Waals surface area contributed by atoms with E-state index in [1.54, 1.807) is 45.0 Å². The van der Waals surface area contributed by atoms with Gasteiger partial charge in [-0.25, -0.2) is 9.69 Å². The molecular formula is C20H20N2O4. The van der Waals surface area contributed by atoms with Crippen LogP contribution in [0.1, 0.15) is 31.9 Å². The molecule has 0 bridgehead atoms. The maximum absolute atomic E-state index is 12.9. The number of imide groups is 1. The zero-order chi connectivity index (χ0) is 18.9. The van der Waals surface area contributed by atoms with Gasteiger partial charge in [0.25, 0.3) is 5.71 Å². The second kappa shape index (κ2) is 6.63. The van der Waals surface area contributed by atoms with Crippen molar-refractivity contribution >= 4 is 23.4 Å². The molecule has 0 radical (unpaired) electrons. The normalized spacial score (nSPS) is 15.7. The first-order chi connectivity index (χ1) is 12.3. The highest BCUT2D eigenvalue weighted by Crippen LogP contribution is 2.30. The van der Waals surface area contributed by atoms with Gasteiger partial charge in [0.2, 0.25) is 0 Å². The number of anilines is 1. The Hall–Kier alpha value is -3.15. The van der Waals surface area contributed by atoms with E-state index in [1.807, 2.05) is 30.3 Å². The lowest BCUT2D eigenvalue weighted by Gasteiger charge is -2.23. The molecule has 1 heterocycles. The van der Waals surface area contributed by atoms with Gasteiger partial charge >= 0.3 is 12.0 Å². The van der Waals surface area contributed by atoms with Crippen molar-refractivity contribution in [3.63, 3.8) is 0 Å². The molecule has 2 aromatic carbocycles. The Morgan fingerprint density at radius 1 is 1.08 bits per heavy atom. The summed E-state index contributed by atoms with van der Waals surface area (Å²) in [4.78, 5) is 26.3. The van der Waals surface area contributed by atoms with Crippen LogP contribution in [0.5, 0.6) is 0 Å². The average Bonchev–Trinajstić information content (AvgIpc) is 2.86. The van der Waals surface area contributed by atoms with Crippen molar-refractivity contribution in [3.05, 3.63) is 70.9 Å². The van der Waals surface area contributed by atoms with Crippen LogP contribution in [-0.2, 0) is 16.1 Å². The lowest BCUT2D eigenvalue weighted by Crippen LogP contribution is -2.41. The van der Waals surface area contributed by atoms with Crippen molar-refractivity contribution in [1.82, 2.24) is 0 Å². The largest absolute Gasteiger partial charge is 0.623 e. The molecule has 6 nitrogen and oxygen atoms in total. The second-order valence-electron chi connectivity index (χ2n) is 7.01.